The maximum atomic E-state index is 10.4. The largest absolute Gasteiger partial charge is 0.504 e. The van der Waals surface area contributed by atoms with Crippen LogP contribution in [-0.4, -0.2) is 25.3 Å². The first-order chi connectivity index (χ1) is 7.04. The molecule has 0 heterocycles. The van der Waals surface area contributed by atoms with Crippen molar-refractivity contribution in [2.75, 3.05) is 0 Å². The highest BCUT2D eigenvalue weighted by atomic mass is 32.2. The first kappa shape index (κ1) is 11.6. The smallest absolute Gasteiger partial charge is 0.302 e. The van der Waals surface area contributed by atoms with Crippen molar-refractivity contribution in [3.63, 3.8) is 0 Å². The van der Waals surface area contributed by atoms with Crippen LogP contribution in [0.1, 0.15) is 15.9 Å². The van der Waals surface area contributed by atoms with Crippen LogP contribution in [0.5, 0.6) is 11.5 Å². The number of carbonyl (C=O) groups is 1. The predicted molar refractivity (Wildman–Crippen MR) is 50.7 cm³/mol. The lowest BCUT2D eigenvalue weighted by Gasteiger charge is -2.06. The summed E-state index contributed by atoms with van der Waals surface area (Å²) < 4.78 is 22.8. The van der Waals surface area contributed by atoms with Crippen molar-refractivity contribution in [2.24, 2.45) is 0 Å². The molecule has 1 aromatic rings. The predicted octanol–water partition coefficient (Wildman–Crippen LogP) is 0.564. The van der Waals surface area contributed by atoms with Crippen LogP contribution in [0.3, 0.4) is 0 Å². The molecule has 0 fully saturated rings. The third-order valence-corrected chi connectivity index (χ3v) is 1.96. The van der Waals surface area contributed by atoms with Gasteiger partial charge in [-0.15, -0.1) is 0 Å². The van der Waals surface area contributed by atoms with Gasteiger partial charge in [0.05, 0.1) is 6.61 Å². The van der Waals surface area contributed by atoms with E-state index in [-0.39, 0.29) is 17.7 Å². The Morgan fingerprint density at radius 1 is 1.40 bits per heavy atom. The summed E-state index contributed by atoms with van der Waals surface area (Å²) >= 11 is -2.47. The van der Waals surface area contributed by atoms with Gasteiger partial charge in [-0.2, -0.15) is 4.21 Å². The van der Waals surface area contributed by atoms with Gasteiger partial charge in [-0.05, 0) is 12.1 Å². The molecule has 1 aromatic carbocycles. The van der Waals surface area contributed by atoms with Crippen LogP contribution >= 0.6 is 0 Å². The highest BCUT2D eigenvalue weighted by Crippen LogP contribution is 2.30. The number of aldehydes is 1. The van der Waals surface area contributed by atoms with Gasteiger partial charge in [-0.25, -0.2) is 0 Å². The molecule has 0 spiro atoms. The van der Waals surface area contributed by atoms with Crippen molar-refractivity contribution in [3.05, 3.63) is 23.3 Å². The Hall–Kier alpha value is -1.44. The standard InChI is InChI=1S/C8H8O6S/c9-3-5-1-6(4-14-15(12)13)8(11)7(10)2-5/h1-3,10-11H,4H2,(H,12,13). The molecule has 0 radical (unpaired) electrons. The zero-order chi connectivity index (χ0) is 11.4. The maximum Gasteiger partial charge on any atom is 0.302 e. The molecule has 7 heteroatoms. The van der Waals surface area contributed by atoms with E-state index >= 15 is 0 Å². The van der Waals surface area contributed by atoms with E-state index in [0.29, 0.717) is 6.29 Å². The Morgan fingerprint density at radius 3 is 2.60 bits per heavy atom. The Labute approximate surface area is 87.6 Å². The van der Waals surface area contributed by atoms with Crippen molar-refractivity contribution in [2.45, 2.75) is 6.61 Å². The molecule has 0 aliphatic carbocycles. The number of phenols is 2. The van der Waals surface area contributed by atoms with E-state index in [1.165, 1.54) is 6.07 Å². The van der Waals surface area contributed by atoms with Crippen LogP contribution in [0.15, 0.2) is 12.1 Å². The summed E-state index contributed by atoms with van der Waals surface area (Å²) in [5, 5.41) is 18.5. The van der Waals surface area contributed by atoms with E-state index in [1.807, 2.05) is 0 Å². The minimum absolute atomic E-state index is 0.0551. The summed E-state index contributed by atoms with van der Waals surface area (Å²) in [6.45, 7) is -0.385. The fourth-order valence-corrected chi connectivity index (χ4v) is 1.22. The number of phenolic OH excluding ortho intramolecular Hbond substituents is 2. The Morgan fingerprint density at radius 2 is 2.07 bits per heavy atom. The zero-order valence-electron chi connectivity index (χ0n) is 7.41. The summed E-state index contributed by atoms with van der Waals surface area (Å²) in [5.41, 5.74) is 0.187. The number of benzene rings is 1. The lowest BCUT2D eigenvalue weighted by Crippen LogP contribution is -1.97. The zero-order valence-corrected chi connectivity index (χ0v) is 8.23. The topological polar surface area (TPSA) is 104 Å². The van der Waals surface area contributed by atoms with E-state index in [1.54, 1.807) is 0 Å². The monoisotopic (exact) mass is 232 g/mol. The van der Waals surface area contributed by atoms with E-state index in [4.69, 9.17) is 4.55 Å². The highest BCUT2D eigenvalue weighted by molar-refractivity contribution is 7.74. The summed E-state index contributed by atoms with van der Waals surface area (Å²) in [5.74, 6) is -0.965. The fraction of sp³-hybridized carbons (Fsp3) is 0.125. The van der Waals surface area contributed by atoms with Gasteiger partial charge in [-0.1, -0.05) is 0 Å². The van der Waals surface area contributed by atoms with E-state index < -0.39 is 22.9 Å². The van der Waals surface area contributed by atoms with Crippen LogP contribution in [0.4, 0.5) is 0 Å². The Balaban J connectivity index is 2.99. The number of rotatable bonds is 4. The number of hydrogen-bond donors (Lipinski definition) is 3. The number of aromatic hydroxyl groups is 2. The summed E-state index contributed by atoms with van der Waals surface area (Å²) in [6, 6.07) is 2.32. The van der Waals surface area contributed by atoms with Crippen LogP contribution in [-0.2, 0) is 22.2 Å². The molecule has 82 valence electrons. The third-order valence-electron chi connectivity index (χ3n) is 1.64. The second kappa shape index (κ2) is 4.87. The van der Waals surface area contributed by atoms with E-state index in [0.717, 1.165) is 6.07 Å². The second-order valence-electron chi connectivity index (χ2n) is 2.64. The van der Waals surface area contributed by atoms with Crippen LogP contribution in [0, 0.1) is 0 Å². The molecule has 6 nitrogen and oxygen atoms in total. The Kier molecular flexibility index (Phi) is 3.78. The average Bonchev–Trinajstić information content (AvgIpc) is 2.19. The van der Waals surface area contributed by atoms with Crippen molar-refractivity contribution in [1.29, 1.82) is 0 Å². The van der Waals surface area contributed by atoms with Gasteiger partial charge < -0.3 is 10.2 Å². The van der Waals surface area contributed by atoms with Crippen molar-refractivity contribution >= 4 is 17.6 Å². The van der Waals surface area contributed by atoms with E-state index in [9.17, 15) is 19.2 Å². The van der Waals surface area contributed by atoms with Gasteiger partial charge in [0.25, 0.3) is 0 Å². The maximum absolute atomic E-state index is 10.4. The molecule has 1 rings (SSSR count). The lowest BCUT2D eigenvalue weighted by atomic mass is 10.1. The van der Waals surface area contributed by atoms with Gasteiger partial charge in [0.1, 0.15) is 6.29 Å². The van der Waals surface area contributed by atoms with Crippen LogP contribution in [0.2, 0.25) is 0 Å². The molecule has 0 aliphatic heterocycles. The molecule has 1 atom stereocenters. The van der Waals surface area contributed by atoms with Crippen LogP contribution in [0.25, 0.3) is 0 Å². The SMILES string of the molecule is O=Cc1cc(O)c(O)c(COS(=O)O)c1. The van der Waals surface area contributed by atoms with Gasteiger partial charge in [0.15, 0.2) is 11.5 Å². The van der Waals surface area contributed by atoms with E-state index in [2.05, 4.69) is 4.18 Å². The third kappa shape index (κ3) is 3.01. The van der Waals surface area contributed by atoms with Gasteiger partial charge in [-0.3, -0.25) is 13.5 Å². The molecule has 0 saturated carbocycles. The normalized spacial score (nSPS) is 12.3. The lowest BCUT2D eigenvalue weighted by molar-refractivity contribution is 0.112. The van der Waals surface area contributed by atoms with Crippen LogP contribution < -0.4 is 0 Å². The molecule has 0 aromatic heterocycles. The quantitative estimate of drug-likeness (QED) is 0.398. The van der Waals surface area contributed by atoms with Crippen molar-refractivity contribution in [1.82, 2.24) is 0 Å². The molecular formula is C8H8O6S. The average molecular weight is 232 g/mol. The molecule has 0 saturated heterocycles. The molecule has 0 amide bonds. The van der Waals surface area contributed by atoms with Crippen molar-refractivity contribution in [3.8, 4) is 11.5 Å². The Bertz CT molecular complexity index is 402. The van der Waals surface area contributed by atoms with Gasteiger partial charge in [0.2, 0.25) is 0 Å². The first-order valence-electron chi connectivity index (χ1n) is 3.78. The minimum Gasteiger partial charge on any atom is -0.504 e. The van der Waals surface area contributed by atoms with Gasteiger partial charge >= 0.3 is 11.4 Å². The minimum atomic E-state index is -2.47. The number of hydrogen-bond acceptors (Lipinski definition) is 5. The molecular weight excluding hydrogens is 224 g/mol. The summed E-state index contributed by atoms with van der Waals surface area (Å²) in [6.07, 6.45) is 0.471. The number of carbonyl (C=O) groups excluding carboxylic acids is 1. The molecule has 15 heavy (non-hydrogen) atoms. The summed E-state index contributed by atoms with van der Waals surface area (Å²) in [4.78, 5) is 10.4. The van der Waals surface area contributed by atoms with Crippen molar-refractivity contribution < 1.29 is 28.0 Å². The summed E-state index contributed by atoms with van der Waals surface area (Å²) in [7, 11) is 0. The molecule has 3 N–H and O–H groups in total. The molecule has 0 bridgehead atoms. The molecule has 1 unspecified atom stereocenters. The fourth-order valence-electron chi connectivity index (χ4n) is 0.994. The van der Waals surface area contributed by atoms with Gasteiger partial charge in [0, 0.05) is 11.1 Å². The molecule has 0 aliphatic rings. The highest BCUT2D eigenvalue weighted by Gasteiger charge is 2.10. The second-order valence-corrected chi connectivity index (χ2v) is 3.31. The first-order valence-corrected chi connectivity index (χ1v) is 4.82.